The third-order valence-electron chi connectivity index (χ3n) is 3.69. The quantitative estimate of drug-likeness (QED) is 0.906. The van der Waals surface area contributed by atoms with Gasteiger partial charge in [0.15, 0.2) is 0 Å². The van der Waals surface area contributed by atoms with E-state index in [0.29, 0.717) is 12.6 Å². The molecule has 0 spiro atoms. The van der Waals surface area contributed by atoms with Crippen molar-refractivity contribution in [3.63, 3.8) is 0 Å². The zero-order chi connectivity index (χ0) is 13.3. The van der Waals surface area contributed by atoms with Crippen molar-refractivity contribution in [1.29, 1.82) is 0 Å². The number of benzene rings is 1. The molecule has 0 aliphatic carbocycles. The Morgan fingerprint density at radius 2 is 2.26 bits per heavy atom. The maximum Gasteiger partial charge on any atom is 0.0869 e. The lowest BCUT2D eigenvalue weighted by atomic mass is 10.0. The maximum atomic E-state index is 10.3. The predicted octanol–water partition coefficient (Wildman–Crippen LogP) is 3.42. The third-order valence-corrected chi connectivity index (χ3v) is 6.22. The molecule has 19 heavy (non-hydrogen) atoms. The second kappa shape index (κ2) is 5.44. The molecule has 2 aromatic rings. The van der Waals surface area contributed by atoms with Gasteiger partial charge in [-0.2, -0.15) is 11.8 Å². The number of aliphatic hydroxyl groups is 1. The number of hydrogen-bond acceptors (Lipinski definition) is 4. The number of rotatable bonds is 4. The SMILES string of the molecule is CC(NCC1(O)CCSC1)c1cc2ccccc2s1. The molecule has 1 aromatic carbocycles. The van der Waals surface area contributed by atoms with Crippen LogP contribution < -0.4 is 5.32 Å². The monoisotopic (exact) mass is 293 g/mol. The smallest absolute Gasteiger partial charge is 0.0869 e. The molecule has 0 amide bonds. The van der Waals surface area contributed by atoms with Crippen LogP contribution in [0.15, 0.2) is 30.3 Å². The summed E-state index contributed by atoms with van der Waals surface area (Å²) in [6.07, 6.45) is 0.907. The Morgan fingerprint density at radius 1 is 1.42 bits per heavy atom. The zero-order valence-corrected chi connectivity index (χ0v) is 12.7. The molecule has 1 aliphatic heterocycles. The molecule has 2 N–H and O–H groups in total. The largest absolute Gasteiger partial charge is 0.388 e. The van der Waals surface area contributed by atoms with Gasteiger partial charge in [-0.05, 0) is 36.6 Å². The Balaban J connectivity index is 1.68. The van der Waals surface area contributed by atoms with E-state index in [9.17, 15) is 5.11 Å². The van der Waals surface area contributed by atoms with Crippen molar-refractivity contribution in [3.8, 4) is 0 Å². The summed E-state index contributed by atoms with van der Waals surface area (Å²) in [5, 5.41) is 15.1. The fourth-order valence-corrected chi connectivity index (χ4v) is 4.78. The molecule has 2 heterocycles. The molecule has 3 rings (SSSR count). The first kappa shape index (κ1) is 13.4. The highest BCUT2D eigenvalue weighted by atomic mass is 32.2. The van der Waals surface area contributed by atoms with Gasteiger partial charge in [0.25, 0.3) is 0 Å². The van der Waals surface area contributed by atoms with Crippen molar-refractivity contribution < 1.29 is 5.11 Å². The lowest BCUT2D eigenvalue weighted by molar-refractivity contribution is 0.0652. The van der Waals surface area contributed by atoms with E-state index in [2.05, 4.69) is 42.6 Å². The first-order valence-electron chi connectivity index (χ1n) is 6.68. The lowest BCUT2D eigenvalue weighted by Gasteiger charge is -2.24. The van der Waals surface area contributed by atoms with E-state index in [0.717, 1.165) is 17.9 Å². The molecule has 0 radical (unpaired) electrons. The summed E-state index contributed by atoms with van der Waals surface area (Å²) in [5.41, 5.74) is -0.504. The number of thioether (sulfide) groups is 1. The van der Waals surface area contributed by atoms with Crippen molar-refractivity contribution in [2.24, 2.45) is 0 Å². The Hall–Kier alpha value is -0.550. The van der Waals surface area contributed by atoms with Crippen molar-refractivity contribution in [2.75, 3.05) is 18.1 Å². The highest BCUT2D eigenvalue weighted by Gasteiger charge is 2.31. The standard InChI is InChI=1S/C15H19NOS2/c1-11(16-9-15(17)6-7-18-10-15)14-8-12-4-2-3-5-13(12)19-14/h2-5,8,11,16-17H,6-7,9-10H2,1H3. The van der Waals surface area contributed by atoms with E-state index >= 15 is 0 Å². The normalized spacial score (nSPS) is 24.9. The Kier molecular flexibility index (Phi) is 3.85. The second-order valence-corrected chi connectivity index (χ2v) is 7.54. The summed E-state index contributed by atoms with van der Waals surface area (Å²) >= 11 is 3.68. The number of fused-ring (bicyclic) bond motifs is 1. The van der Waals surface area contributed by atoms with Crippen LogP contribution in [0, 0.1) is 0 Å². The Morgan fingerprint density at radius 3 is 3.00 bits per heavy atom. The van der Waals surface area contributed by atoms with Crippen LogP contribution in [-0.2, 0) is 0 Å². The van der Waals surface area contributed by atoms with E-state index in [1.807, 2.05) is 23.1 Å². The van der Waals surface area contributed by atoms with Crippen molar-refractivity contribution in [1.82, 2.24) is 5.32 Å². The molecule has 2 nitrogen and oxygen atoms in total. The van der Waals surface area contributed by atoms with E-state index in [-0.39, 0.29) is 0 Å². The van der Waals surface area contributed by atoms with Gasteiger partial charge in [-0.3, -0.25) is 0 Å². The Labute approximate surface area is 122 Å². The van der Waals surface area contributed by atoms with Gasteiger partial charge in [-0.1, -0.05) is 18.2 Å². The van der Waals surface area contributed by atoms with E-state index in [1.165, 1.54) is 15.0 Å². The molecule has 0 saturated carbocycles. The highest BCUT2D eigenvalue weighted by molar-refractivity contribution is 7.99. The summed E-state index contributed by atoms with van der Waals surface area (Å²) in [4.78, 5) is 1.34. The lowest BCUT2D eigenvalue weighted by Crippen LogP contribution is -2.41. The van der Waals surface area contributed by atoms with Gasteiger partial charge in [0.1, 0.15) is 0 Å². The van der Waals surface area contributed by atoms with Crippen LogP contribution in [0.1, 0.15) is 24.3 Å². The van der Waals surface area contributed by atoms with E-state index in [4.69, 9.17) is 0 Å². The molecule has 1 fully saturated rings. The molecule has 0 bridgehead atoms. The number of nitrogens with one attached hydrogen (secondary N) is 1. The molecule has 102 valence electrons. The van der Waals surface area contributed by atoms with Crippen LogP contribution in [0.2, 0.25) is 0 Å². The minimum absolute atomic E-state index is 0.298. The van der Waals surface area contributed by atoms with Gasteiger partial charge in [0.2, 0.25) is 0 Å². The van der Waals surface area contributed by atoms with E-state index < -0.39 is 5.60 Å². The molecule has 1 saturated heterocycles. The summed E-state index contributed by atoms with van der Waals surface area (Å²) in [7, 11) is 0. The van der Waals surface area contributed by atoms with Crippen LogP contribution in [0.25, 0.3) is 10.1 Å². The van der Waals surface area contributed by atoms with Gasteiger partial charge in [-0.15, -0.1) is 11.3 Å². The van der Waals surface area contributed by atoms with Crippen molar-refractivity contribution in [2.45, 2.75) is 25.0 Å². The van der Waals surface area contributed by atoms with Crippen LogP contribution in [0.3, 0.4) is 0 Å². The van der Waals surface area contributed by atoms with Crippen LogP contribution in [0.5, 0.6) is 0 Å². The van der Waals surface area contributed by atoms with Gasteiger partial charge in [0, 0.05) is 27.9 Å². The molecule has 4 heteroatoms. The highest BCUT2D eigenvalue weighted by Crippen LogP contribution is 2.31. The molecule has 2 atom stereocenters. The van der Waals surface area contributed by atoms with Crippen molar-refractivity contribution in [3.05, 3.63) is 35.2 Å². The molecular formula is C15H19NOS2. The summed E-state index contributed by atoms with van der Waals surface area (Å²) in [6.45, 7) is 2.87. The molecule has 2 unspecified atom stereocenters. The molecule has 1 aromatic heterocycles. The van der Waals surface area contributed by atoms with Crippen molar-refractivity contribution >= 4 is 33.2 Å². The van der Waals surface area contributed by atoms with Gasteiger partial charge in [-0.25, -0.2) is 0 Å². The Bertz CT molecular complexity index is 527. The third kappa shape index (κ3) is 2.97. The maximum absolute atomic E-state index is 10.3. The van der Waals surface area contributed by atoms with Crippen LogP contribution in [-0.4, -0.2) is 28.8 Å². The minimum Gasteiger partial charge on any atom is -0.388 e. The van der Waals surface area contributed by atoms with E-state index in [1.54, 1.807) is 0 Å². The zero-order valence-electron chi connectivity index (χ0n) is 11.1. The average Bonchev–Trinajstić information content (AvgIpc) is 3.02. The van der Waals surface area contributed by atoms with Gasteiger partial charge < -0.3 is 10.4 Å². The van der Waals surface area contributed by atoms with Gasteiger partial charge >= 0.3 is 0 Å². The van der Waals surface area contributed by atoms with Crippen LogP contribution >= 0.6 is 23.1 Å². The fourth-order valence-electron chi connectivity index (χ4n) is 2.40. The molecule has 1 aliphatic rings. The topological polar surface area (TPSA) is 32.3 Å². The summed E-state index contributed by atoms with van der Waals surface area (Å²) in [6, 6.07) is 11.0. The predicted molar refractivity (Wildman–Crippen MR) is 85.1 cm³/mol. The summed E-state index contributed by atoms with van der Waals surface area (Å²) < 4.78 is 1.33. The number of thiophene rings is 1. The van der Waals surface area contributed by atoms with Crippen LogP contribution in [0.4, 0.5) is 0 Å². The minimum atomic E-state index is -0.504. The average molecular weight is 293 g/mol. The first-order valence-corrected chi connectivity index (χ1v) is 8.65. The number of hydrogen-bond donors (Lipinski definition) is 2. The fraction of sp³-hybridized carbons (Fsp3) is 0.467. The summed E-state index contributed by atoms with van der Waals surface area (Å²) in [5.74, 6) is 1.94. The first-order chi connectivity index (χ1) is 9.16. The van der Waals surface area contributed by atoms with Gasteiger partial charge in [0.05, 0.1) is 5.60 Å². The second-order valence-electron chi connectivity index (χ2n) is 5.32. The molecular weight excluding hydrogens is 274 g/mol.